The minimum Gasteiger partial charge on any atom is -0.497 e. The van der Waals surface area contributed by atoms with E-state index in [4.69, 9.17) is 10.5 Å². The number of amides is 2. The van der Waals surface area contributed by atoms with Gasteiger partial charge in [-0.3, -0.25) is 14.6 Å². The molecule has 0 saturated heterocycles. The van der Waals surface area contributed by atoms with Gasteiger partial charge in [0.05, 0.1) is 24.4 Å². The molecular weight excluding hydrogens is 442 g/mol. The van der Waals surface area contributed by atoms with Crippen LogP contribution >= 0.6 is 0 Å². The summed E-state index contributed by atoms with van der Waals surface area (Å²) in [4.78, 5) is 29.3. The largest absolute Gasteiger partial charge is 0.497 e. The van der Waals surface area contributed by atoms with Crippen LogP contribution in [0.3, 0.4) is 0 Å². The summed E-state index contributed by atoms with van der Waals surface area (Å²) in [7, 11) is 1.65. The standard InChI is InChI=1S/C27H35N5O3/c1-18(31-24-17-22(35-3)16-21-12-8-13-29-25(21)24)9-7-14-30-26(33)19(2)32-27(34)23(28)15-20-10-5-4-6-11-20/h4-6,8,10-13,16-19,23,31H,7,9,14-15,28H2,1-3H3,(H,30,33)(H,32,34)/t18?,19-,23-/m0/s1. The Balaban J connectivity index is 1.40. The number of nitrogens with one attached hydrogen (secondary N) is 3. The molecule has 35 heavy (non-hydrogen) atoms. The minimum atomic E-state index is -0.707. The fourth-order valence-corrected chi connectivity index (χ4v) is 3.85. The smallest absolute Gasteiger partial charge is 0.242 e. The lowest BCUT2D eigenvalue weighted by atomic mass is 10.1. The van der Waals surface area contributed by atoms with Crippen LogP contribution in [0.4, 0.5) is 5.69 Å². The number of hydrogen-bond acceptors (Lipinski definition) is 6. The van der Waals surface area contributed by atoms with Crippen molar-refractivity contribution in [3.05, 3.63) is 66.4 Å². The molecule has 0 spiro atoms. The normalized spacial score (nSPS) is 13.5. The summed E-state index contributed by atoms with van der Waals surface area (Å²) in [5, 5.41) is 10.1. The molecule has 3 rings (SSSR count). The van der Waals surface area contributed by atoms with E-state index in [1.807, 2.05) is 54.6 Å². The number of carbonyl (C=O) groups excluding carboxylic acids is 2. The van der Waals surface area contributed by atoms with Crippen LogP contribution in [-0.2, 0) is 16.0 Å². The van der Waals surface area contributed by atoms with E-state index in [1.165, 1.54) is 0 Å². The number of anilines is 1. The number of methoxy groups -OCH3 is 1. The summed E-state index contributed by atoms with van der Waals surface area (Å²) in [6, 6.07) is 16.2. The number of pyridine rings is 1. The monoisotopic (exact) mass is 477 g/mol. The van der Waals surface area contributed by atoms with Crippen molar-refractivity contribution in [2.75, 3.05) is 19.0 Å². The number of aromatic nitrogens is 1. The summed E-state index contributed by atoms with van der Waals surface area (Å²) in [5.74, 6) is 0.203. The van der Waals surface area contributed by atoms with Gasteiger partial charge in [-0.15, -0.1) is 0 Å². The zero-order valence-corrected chi connectivity index (χ0v) is 20.6. The van der Waals surface area contributed by atoms with Crippen LogP contribution < -0.4 is 26.4 Å². The molecule has 0 aliphatic carbocycles. The number of nitrogens with zero attached hydrogens (tertiary/aromatic N) is 1. The maximum atomic E-state index is 12.4. The molecule has 0 radical (unpaired) electrons. The molecule has 3 atom stereocenters. The molecule has 0 fully saturated rings. The zero-order valence-electron chi connectivity index (χ0n) is 20.6. The fraction of sp³-hybridized carbons (Fsp3) is 0.370. The number of nitrogens with two attached hydrogens (primary N) is 1. The highest BCUT2D eigenvalue weighted by Crippen LogP contribution is 2.28. The first-order chi connectivity index (χ1) is 16.9. The predicted molar refractivity (Wildman–Crippen MR) is 139 cm³/mol. The van der Waals surface area contributed by atoms with Gasteiger partial charge in [-0.2, -0.15) is 0 Å². The summed E-state index contributed by atoms with van der Waals surface area (Å²) < 4.78 is 5.41. The van der Waals surface area contributed by atoms with E-state index in [1.54, 1.807) is 20.2 Å². The molecule has 2 aromatic carbocycles. The molecule has 0 aliphatic rings. The van der Waals surface area contributed by atoms with E-state index in [9.17, 15) is 9.59 Å². The van der Waals surface area contributed by atoms with E-state index >= 15 is 0 Å². The SMILES string of the molecule is COc1cc(NC(C)CCCNC(=O)[C@H](C)NC(=O)[C@@H](N)Cc2ccccc2)c2ncccc2c1. The molecule has 1 unspecified atom stereocenters. The first kappa shape index (κ1) is 26.0. The summed E-state index contributed by atoms with van der Waals surface area (Å²) in [6.45, 7) is 4.26. The molecule has 0 bridgehead atoms. The van der Waals surface area contributed by atoms with Crippen molar-refractivity contribution in [1.82, 2.24) is 15.6 Å². The van der Waals surface area contributed by atoms with Crippen LogP contribution in [0.15, 0.2) is 60.8 Å². The van der Waals surface area contributed by atoms with Crippen molar-refractivity contribution >= 4 is 28.4 Å². The average molecular weight is 478 g/mol. The van der Waals surface area contributed by atoms with Crippen molar-refractivity contribution in [2.45, 2.75) is 51.2 Å². The second-order valence-electron chi connectivity index (χ2n) is 8.76. The Kier molecular flexibility index (Phi) is 9.43. The van der Waals surface area contributed by atoms with Gasteiger partial charge in [-0.25, -0.2) is 0 Å². The Hall–Kier alpha value is -3.65. The molecule has 0 saturated carbocycles. The molecule has 3 aromatic rings. The molecule has 1 heterocycles. The summed E-state index contributed by atoms with van der Waals surface area (Å²) >= 11 is 0. The van der Waals surface area contributed by atoms with Gasteiger partial charge in [0.15, 0.2) is 0 Å². The highest BCUT2D eigenvalue weighted by Gasteiger charge is 2.20. The molecule has 186 valence electrons. The van der Waals surface area contributed by atoms with Gasteiger partial charge < -0.3 is 26.4 Å². The Morgan fingerprint density at radius 1 is 1.06 bits per heavy atom. The lowest BCUT2D eigenvalue weighted by molar-refractivity contribution is -0.129. The quantitative estimate of drug-likeness (QED) is 0.298. The van der Waals surface area contributed by atoms with Crippen molar-refractivity contribution in [3.63, 3.8) is 0 Å². The van der Waals surface area contributed by atoms with Crippen molar-refractivity contribution < 1.29 is 14.3 Å². The molecule has 8 nitrogen and oxygen atoms in total. The summed E-state index contributed by atoms with van der Waals surface area (Å²) in [6.07, 6.45) is 3.82. The van der Waals surface area contributed by atoms with Crippen LogP contribution in [-0.4, -0.2) is 48.6 Å². The second kappa shape index (κ2) is 12.7. The Labute approximate surface area is 206 Å². The van der Waals surface area contributed by atoms with Gasteiger partial charge in [-0.05, 0) is 50.8 Å². The van der Waals surface area contributed by atoms with Crippen molar-refractivity contribution in [3.8, 4) is 5.75 Å². The van der Waals surface area contributed by atoms with E-state index in [2.05, 4.69) is 27.9 Å². The highest BCUT2D eigenvalue weighted by molar-refractivity contribution is 5.92. The molecule has 8 heteroatoms. The number of hydrogen-bond donors (Lipinski definition) is 4. The molecular formula is C27H35N5O3. The number of fused-ring (bicyclic) bond motifs is 1. The molecule has 0 aliphatic heterocycles. The third kappa shape index (κ3) is 7.68. The van der Waals surface area contributed by atoms with E-state index < -0.39 is 12.1 Å². The Bertz CT molecular complexity index is 1120. The first-order valence-corrected chi connectivity index (χ1v) is 11.9. The number of ether oxygens (including phenoxy) is 1. The first-order valence-electron chi connectivity index (χ1n) is 11.9. The average Bonchev–Trinajstić information content (AvgIpc) is 2.86. The van der Waals surface area contributed by atoms with Crippen LogP contribution in [0.2, 0.25) is 0 Å². The van der Waals surface area contributed by atoms with E-state index in [0.717, 1.165) is 40.7 Å². The Morgan fingerprint density at radius 3 is 2.57 bits per heavy atom. The van der Waals surface area contributed by atoms with E-state index in [0.29, 0.717) is 13.0 Å². The second-order valence-corrected chi connectivity index (χ2v) is 8.76. The predicted octanol–water partition coefficient (Wildman–Crippen LogP) is 3.01. The van der Waals surface area contributed by atoms with Gasteiger partial charge in [0.25, 0.3) is 0 Å². The summed E-state index contributed by atoms with van der Waals surface area (Å²) in [5.41, 5.74) is 8.79. The van der Waals surface area contributed by atoms with E-state index in [-0.39, 0.29) is 17.9 Å². The van der Waals surface area contributed by atoms with Crippen LogP contribution in [0.5, 0.6) is 5.75 Å². The number of rotatable bonds is 12. The lowest BCUT2D eigenvalue weighted by Crippen LogP contribution is -2.51. The molecule has 2 amide bonds. The van der Waals surface area contributed by atoms with Gasteiger partial charge in [0.1, 0.15) is 11.8 Å². The van der Waals surface area contributed by atoms with Crippen LogP contribution in [0.25, 0.3) is 10.9 Å². The van der Waals surface area contributed by atoms with Crippen molar-refractivity contribution in [2.24, 2.45) is 5.73 Å². The lowest BCUT2D eigenvalue weighted by Gasteiger charge is -2.19. The Morgan fingerprint density at radius 2 is 1.83 bits per heavy atom. The molecule has 1 aromatic heterocycles. The van der Waals surface area contributed by atoms with Crippen LogP contribution in [0.1, 0.15) is 32.3 Å². The van der Waals surface area contributed by atoms with Gasteiger partial charge in [0.2, 0.25) is 11.8 Å². The van der Waals surface area contributed by atoms with Gasteiger partial charge in [0, 0.05) is 30.2 Å². The maximum absolute atomic E-state index is 12.4. The van der Waals surface area contributed by atoms with Crippen LogP contribution in [0, 0.1) is 0 Å². The van der Waals surface area contributed by atoms with Gasteiger partial charge >= 0.3 is 0 Å². The third-order valence-corrected chi connectivity index (χ3v) is 5.82. The molecule has 5 N–H and O–H groups in total. The highest BCUT2D eigenvalue weighted by atomic mass is 16.5. The third-order valence-electron chi connectivity index (χ3n) is 5.82. The zero-order chi connectivity index (χ0) is 25.2. The maximum Gasteiger partial charge on any atom is 0.242 e. The fourth-order valence-electron chi connectivity index (χ4n) is 3.85. The van der Waals surface area contributed by atoms with Gasteiger partial charge in [-0.1, -0.05) is 36.4 Å². The topological polar surface area (TPSA) is 118 Å². The minimum absolute atomic E-state index is 0.164. The number of benzene rings is 2. The van der Waals surface area contributed by atoms with Crippen molar-refractivity contribution in [1.29, 1.82) is 0 Å². The number of carbonyl (C=O) groups is 2.